The van der Waals surface area contributed by atoms with Crippen molar-refractivity contribution in [3.63, 3.8) is 0 Å². The Morgan fingerprint density at radius 2 is 2.00 bits per heavy atom. The molecule has 0 spiro atoms. The van der Waals surface area contributed by atoms with Crippen molar-refractivity contribution in [2.75, 3.05) is 7.11 Å². The molecule has 1 saturated carbocycles. The smallest absolute Gasteiger partial charge is 0.355 e. The molecule has 11 atom stereocenters. The van der Waals surface area contributed by atoms with Crippen molar-refractivity contribution in [2.24, 2.45) is 29.6 Å². The Hall–Kier alpha value is -2.46. The normalized spacial score (nSPS) is 41.9. The van der Waals surface area contributed by atoms with Gasteiger partial charge in [0, 0.05) is 37.0 Å². The zero-order chi connectivity index (χ0) is 27.8. The Labute approximate surface area is 223 Å². The van der Waals surface area contributed by atoms with Gasteiger partial charge in [-0.25, -0.2) is 9.59 Å². The number of ether oxygens (including phenoxy) is 3. The third-order valence-electron chi connectivity index (χ3n) is 8.88. The fraction of sp³-hybridized carbons (Fsp3) is 0.655. The Kier molecular flexibility index (Phi) is 8.52. The predicted molar refractivity (Wildman–Crippen MR) is 139 cm³/mol. The van der Waals surface area contributed by atoms with Gasteiger partial charge in [0.15, 0.2) is 6.10 Å². The Balaban J connectivity index is 1.66. The summed E-state index contributed by atoms with van der Waals surface area (Å²) in [5, 5.41) is 33.3. The van der Waals surface area contributed by atoms with E-state index in [1.807, 2.05) is 39.0 Å². The average Bonchev–Trinajstić information content (AvgIpc) is 3.50. The Morgan fingerprint density at radius 1 is 1.26 bits per heavy atom. The number of rotatable bonds is 5. The van der Waals surface area contributed by atoms with Crippen LogP contribution in [0.25, 0.3) is 0 Å². The lowest BCUT2D eigenvalue weighted by molar-refractivity contribution is -0.171. The van der Waals surface area contributed by atoms with Crippen LogP contribution in [0.4, 0.5) is 0 Å². The Morgan fingerprint density at radius 3 is 2.63 bits per heavy atom. The second kappa shape index (κ2) is 11.3. The standard InChI is InChI=1S/C29H41NO8/c1-15-11-16(2)29(35)14-19(8-9-20(29)12-24(36-5)28(34)37-25(15)18(4)31)21-13-23(32)17(3)26(21)38-27(33)22-7-6-10-30-22/h6-11,15,17-21,23-26,30-32,35H,12-14H2,1-5H3/b16-11+/t15-,17-,18-,19-,20?,21-,23+,24+,25+,26-,29+/m1/s1. The first-order valence-electron chi connectivity index (χ1n) is 13.5. The number of fused-ring (bicyclic) bond motifs is 1. The Bertz CT molecular complexity index is 1050. The third-order valence-corrected chi connectivity index (χ3v) is 8.88. The van der Waals surface area contributed by atoms with Crippen LogP contribution < -0.4 is 0 Å². The molecule has 1 aliphatic heterocycles. The number of esters is 2. The molecule has 9 heteroatoms. The highest BCUT2D eigenvalue weighted by Crippen LogP contribution is 2.48. The maximum absolute atomic E-state index is 12.9. The summed E-state index contributed by atoms with van der Waals surface area (Å²) in [6, 6.07) is 3.37. The molecule has 1 unspecified atom stereocenters. The van der Waals surface area contributed by atoms with Crippen molar-refractivity contribution in [2.45, 2.75) is 83.1 Å². The number of aliphatic hydroxyl groups is 3. The lowest BCUT2D eigenvalue weighted by Gasteiger charge is -2.45. The van der Waals surface area contributed by atoms with E-state index >= 15 is 0 Å². The van der Waals surface area contributed by atoms with Crippen LogP contribution in [-0.2, 0) is 19.0 Å². The van der Waals surface area contributed by atoms with Gasteiger partial charge in [-0.3, -0.25) is 0 Å². The molecule has 0 radical (unpaired) electrons. The van der Waals surface area contributed by atoms with Gasteiger partial charge in [-0.2, -0.15) is 0 Å². The molecular weight excluding hydrogens is 490 g/mol. The van der Waals surface area contributed by atoms with Crippen molar-refractivity contribution in [3.8, 4) is 0 Å². The van der Waals surface area contributed by atoms with Gasteiger partial charge in [0.05, 0.1) is 17.8 Å². The summed E-state index contributed by atoms with van der Waals surface area (Å²) in [7, 11) is 1.43. The number of allylic oxidation sites excluding steroid dienone is 1. The number of nitrogens with one attached hydrogen (secondary N) is 1. The molecule has 2 heterocycles. The lowest BCUT2D eigenvalue weighted by atomic mass is 9.65. The van der Waals surface area contributed by atoms with Crippen molar-refractivity contribution < 1.29 is 39.1 Å². The minimum Gasteiger partial charge on any atom is -0.457 e. The maximum Gasteiger partial charge on any atom is 0.355 e. The zero-order valence-electron chi connectivity index (χ0n) is 22.7. The molecule has 4 rings (SSSR count). The van der Waals surface area contributed by atoms with Gasteiger partial charge in [0.1, 0.15) is 17.9 Å². The molecule has 0 saturated heterocycles. The van der Waals surface area contributed by atoms with E-state index in [0.717, 1.165) is 0 Å². The number of hydrogen-bond donors (Lipinski definition) is 4. The SMILES string of the molecule is CO[C@H]1CC2C=C[C@@H]([C@H]3C[C@H](O)[C@@H](C)[C@H]3OC(=O)c3ccc[nH]3)C[C@]2(O)/C(C)=C/[C@@H](C)[C@@H]([C@@H](C)O)OC1=O. The summed E-state index contributed by atoms with van der Waals surface area (Å²) in [4.78, 5) is 28.5. The van der Waals surface area contributed by atoms with E-state index in [0.29, 0.717) is 24.1 Å². The van der Waals surface area contributed by atoms with Crippen molar-refractivity contribution in [1.29, 1.82) is 0 Å². The molecule has 0 aromatic carbocycles. The summed E-state index contributed by atoms with van der Waals surface area (Å²) >= 11 is 0. The minimum atomic E-state index is -1.31. The number of carbonyl (C=O) groups excluding carboxylic acids is 2. The number of aromatic nitrogens is 1. The second-order valence-electron chi connectivity index (χ2n) is 11.4. The molecule has 1 aromatic heterocycles. The number of aliphatic hydroxyl groups excluding tert-OH is 2. The van der Waals surface area contributed by atoms with E-state index in [1.54, 1.807) is 25.3 Å². The van der Waals surface area contributed by atoms with E-state index in [-0.39, 0.29) is 30.1 Å². The van der Waals surface area contributed by atoms with Crippen molar-refractivity contribution in [3.05, 3.63) is 47.8 Å². The molecule has 9 nitrogen and oxygen atoms in total. The number of cyclic esters (lactones) is 1. The van der Waals surface area contributed by atoms with Gasteiger partial charge in [-0.15, -0.1) is 0 Å². The molecule has 2 aliphatic carbocycles. The van der Waals surface area contributed by atoms with Crippen molar-refractivity contribution in [1.82, 2.24) is 4.98 Å². The summed E-state index contributed by atoms with van der Waals surface area (Å²) in [6.07, 6.45) is 4.67. The van der Waals surface area contributed by atoms with Gasteiger partial charge in [0.2, 0.25) is 0 Å². The quantitative estimate of drug-likeness (QED) is 0.336. The van der Waals surface area contributed by atoms with Gasteiger partial charge >= 0.3 is 11.9 Å². The molecule has 38 heavy (non-hydrogen) atoms. The zero-order valence-corrected chi connectivity index (χ0v) is 22.7. The molecule has 210 valence electrons. The van der Waals surface area contributed by atoms with Crippen LogP contribution in [0.2, 0.25) is 0 Å². The monoisotopic (exact) mass is 531 g/mol. The minimum absolute atomic E-state index is 0.181. The number of aromatic amines is 1. The molecule has 1 fully saturated rings. The van der Waals surface area contributed by atoms with E-state index in [9.17, 15) is 24.9 Å². The average molecular weight is 532 g/mol. The van der Waals surface area contributed by atoms with E-state index in [2.05, 4.69) is 4.98 Å². The van der Waals surface area contributed by atoms with E-state index in [4.69, 9.17) is 14.2 Å². The third kappa shape index (κ3) is 5.47. The number of hydrogen-bond acceptors (Lipinski definition) is 8. The highest BCUT2D eigenvalue weighted by molar-refractivity contribution is 5.87. The van der Waals surface area contributed by atoms with Crippen LogP contribution in [0.15, 0.2) is 42.1 Å². The van der Waals surface area contributed by atoms with Gasteiger partial charge in [-0.1, -0.05) is 32.1 Å². The van der Waals surface area contributed by atoms with Crippen LogP contribution in [0, 0.1) is 29.6 Å². The highest BCUT2D eigenvalue weighted by Gasteiger charge is 2.51. The lowest BCUT2D eigenvalue weighted by Crippen LogP contribution is -2.49. The largest absolute Gasteiger partial charge is 0.457 e. The fourth-order valence-electron chi connectivity index (χ4n) is 6.54. The first-order chi connectivity index (χ1) is 18.0. The highest BCUT2D eigenvalue weighted by atomic mass is 16.6. The van der Waals surface area contributed by atoms with Gasteiger partial charge in [-0.05, 0) is 56.7 Å². The van der Waals surface area contributed by atoms with Crippen LogP contribution in [0.1, 0.15) is 57.4 Å². The molecule has 3 aliphatic rings. The van der Waals surface area contributed by atoms with Gasteiger partial charge in [0.25, 0.3) is 0 Å². The molecule has 0 amide bonds. The summed E-state index contributed by atoms with van der Waals surface area (Å²) in [6.45, 7) is 7.15. The first kappa shape index (κ1) is 28.5. The summed E-state index contributed by atoms with van der Waals surface area (Å²) in [5.74, 6) is -2.47. The fourth-order valence-corrected chi connectivity index (χ4v) is 6.54. The molecule has 1 aromatic rings. The van der Waals surface area contributed by atoms with Crippen LogP contribution >= 0.6 is 0 Å². The van der Waals surface area contributed by atoms with Crippen LogP contribution in [-0.4, -0.2) is 75.5 Å². The molecule has 0 bridgehead atoms. The van der Waals surface area contributed by atoms with E-state index < -0.39 is 54.0 Å². The number of methoxy groups -OCH3 is 1. The summed E-state index contributed by atoms with van der Waals surface area (Å²) < 4.78 is 17.0. The first-order valence-corrected chi connectivity index (χ1v) is 13.5. The molecule has 4 N–H and O–H groups in total. The van der Waals surface area contributed by atoms with Crippen LogP contribution in [0.5, 0.6) is 0 Å². The number of H-pyrrole nitrogens is 1. The maximum atomic E-state index is 12.9. The predicted octanol–water partition coefficient (Wildman–Crippen LogP) is 2.77. The summed E-state index contributed by atoms with van der Waals surface area (Å²) in [5.41, 5.74) is -0.245. The topological polar surface area (TPSA) is 138 Å². The van der Waals surface area contributed by atoms with Gasteiger partial charge < -0.3 is 34.5 Å². The van der Waals surface area contributed by atoms with Crippen molar-refractivity contribution >= 4 is 11.9 Å². The van der Waals surface area contributed by atoms with E-state index in [1.165, 1.54) is 7.11 Å². The second-order valence-corrected chi connectivity index (χ2v) is 11.4. The molecular formula is C29H41NO8. The van der Waals surface area contributed by atoms with Crippen LogP contribution in [0.3, 0.4) is 0 Å². The number of carbonyl (C=O) groups is 2.